The van der Waals surface area contributed by atoms with Crippen LogP contribution in [0, 0.1) is 0 Å². The Morgan fingerprint density at radius 1 is 0.422 bits per heavy atom. The molecular weight excluding hydrogens is 553 g/mol. The fraction of sp³-hybridized carbons (Fsp3) is 0.154. The molecule has 0 unspecified atom stereocenters. The molecule has 0 amide bonds. The number of hydrogen-bond donors (Lipinski definition) is 0. The van der Waals surface area contributed by atoms with Gasteiger partial charge in [-0.2, -0.15) is 0 Å². The van der Waals surface area contributed by atoms with Crippen molar-refractivity contribution >= 4 is 12.6 Å². The Hall–Kier alpha value is -4.91. The Balaban J connectivity index is 1.25. The van der Waals surface area contributed by atoms with Crippen molar-refractivity contribution in [3.63, 3.8) is 0 Å². The molecular formula is C39H34BN3O2. The zero-order valence-corrected chi connectivity index (χ0v) is 25.9. The summed E-state index contributed by atoms with van der Waals surface area (Å²) in [7, 11) is -0.398. The lowest BCUT2D eigenvalue weighted by molar-refractivity contribution is 0.00578. The third-order valence-corrected chi connectivity index (χ3v) is 8.98. The van der Waals surface area contributed by atoms with Gasteiger partial charge in [0.05, 0.1) is 22.6 Å². The summed E-state index contributed by atoms with van der Waals surface area (Å²) in [6.07, 6.45) is 7.27. The van der Waals surface area contributed by atoms with E-state index in [9.17, 15) is 0 Å². The Morgan fingerprint density at radius 3 is 1.18 bits per heavy atom. The van der Waals surface area contributed by atoms with Crippen LogP contribution in [0.1, 0.15) is 27.7 Å². The molecule has 45 heavy (non-hydrogen) atoms. The lowest BCUT2D eigenvalue weighted by Crippen LogP contribution is -2.41. The first-order chi connectivity index (χ1) is 21.8. The van der Waals surface area contributed by atoms with E-state index in [1.54, 1.807) is 0 Å². The van der Waals surface area contributed by atoms with E-state index in [-0.39, 0.29) is 11.2 Å². The predicted octanol–water partition coefficient (Wildman–Crippen LogP) is 8.51. The Morgan fingerprint density at radius 2 is 0.756 bits per heavy atom. The van der Waals surface area contributed by atoms with Gasteiger partial charge in [-0.3, -0.25) is 9.97 Å². The van der Waals surface area contributed by atoms with Crippen molar-refractivity contribution in [2.75, 3.05) is 0 Å². The number of rotatable bonds is 6. The molecule has 1 saturated heterocycles. The first-order valence-electron chi connectivity index (χ1n) is 15.3. The van der Waals surface area contributed by atoms with Gasteiger partial charge in [-0.05, 0) is 103 Å². The van der Waals surface area contributed by atoms with E-state index in [1.165, 1.54) is 0 Å². The van der Waals surface area contributed by atoms with Crippen molar-refractivity contribution in [1.29, 1.82) is 0 Å². The molecule has 1 aliphatic heterocycles. The molecule has 1 fully saturated rings. The maximum atomic E-state index is 6.29. The molecule has 0 bridgehead atoms. The normalized spacial score (nSPS) is 15.2. The molecule has 0 saturated carbocycles. The molecule has 0 aliphatic carbocycles. The van der Waals surface area contributed by atoms with Crippen LogP contribution < -0.4 is 5.46 Å². The predicted molar refractivity (Wildman–Crippen MR) is 183 cm³/mol. The van der Waals surface area contributed by atoms with E-state index in [0.717, 1.165) is 61.4 Å². The summed E-state index contributed by atoms with van der Waals surface area (Å²) >= 11 is 0. The van der Waals surface area contributed by atoms with Crippen LogP contribution in [0.15, 0.2) is 134 Å². The molecule has 0 atom stereocenters. The lowest BCUT2D eigenvalue weighted by atomic mass is 9.78. The van der Waals surface area contributed by atoms with Gasteiger partial charge in [0, 0.05) is 35.9 Å². The van der Waals surface area contributed by atoms with Crippen molar-refractivity contribution in [2.24, 2.45) is 0 Å². The number of hydrogen-bond acceptors (Lipinski definition) is 5. The van der Waals surface area contributed by atoms with E-state index < -0.39 is 7.12 Å². The average molecular weight is 588 g/mol. The largest absolute Gasteiger partial charge is 0.494 e. The van der Waals surface area contributed by atoms with Crippen molar-refractivity contribution in [3.05, 3.63) is 134 Å². The number of aromatic nitrogens is 3. The molecule has 6 heteroatoms. The Labute approximate surface area is 265 Å². The van der Waals surface area contributed by atoms with Crippen LogP contribution in [0.3, 0.4) is 0 Å². The molecule has 4 heterocycles. The summed E-state index contributed by atoms with van der Waals surface area (Å²) in [5.41, 5.74) is 10.9. The summed E-state index contributed by atoms with van der Waals surface area (Å²) in [6.45, 7) is 8.31. The molecule has 6 aromatic rings. The van der Waals surface area contributed by atoms with Gasteiger partial charge in [-0.15, -0.1) is 0 Å². The Bertz CT molecular complexity index is 1810. The molecule has 0 spiro atoms. The van der Waals surface area contributed by atoms with Gasteiger partial charge >= 0.3 is 7.12 Å². The van der Waals surface area contributed by atoms with Gasteiger partial charge < -0.3 is 9.31 Å². The second kappa shape index (κ2) is 11.5. The lowest BCUT2D eigenvalue weighted by Gasteiger charge is -2.32. The zero-order chi connectivity index (χ0) is 31.0. The molecule has 3 aromatic heterocycles. The minimum Gasteiger partial charge on any atom is -0.399 e. The molecule has 0 N–H and O–H groups in total. The smallest absolute Gasteiger partial charge is 0.399 e. The highest BCUT2D eigenvalue weighted by molar-refractivity contribution is 6.62. The zero-order valence-electron chi connectivity index (χ0n) is 25.9. The van der Waals surface area contributed by atoms with E-state index in [4.69, 9.17) is 14.3 Å². The fourth-order valence-corrected chi connectivity index (χ4v) is 5.56. The minimum absolute atomic E-state index is 0.384. The average Bonchev–Trinajstić information content (AvgIpc) is 3.31. The second-order valence-electron chi connectivity index (χ2n) is 12.5. The first-order valence-corrected chi connectivity index (χ1v) is 15.3. The third-order valence-electron chi connectivity index (χ3n) is 8.98. The minimum atomic E-state index is -0.398. The van der Waals surface area contributed by atoms with Crippen molar-refractivity contribution in [3.8, 4) is 55.9 Å². The van der Waals surface area contributed by atoms with Crippen molar-refractivity contribution in [2.45, 2.75) is 38.9 Å². The van der Waals surface area contributed by atoms with Gasteiger partial charge in [0.25, 0.3) is 0 Å². The topological polar surface area (TPSA) is 57.1 Å². The van der Waals surface area contributed by atoms with Gasteiger partial charge in [0.15, 0.2) is 0 Å². The van der Waals surface area contributed by atoms with E-state index in [1.807, 2.05) is 49.1 Å². The van der Waals surface area contributed by atoms with Crippen LogP contribution in [-0.4, -0.2) is 33.3 Å². The van der Waals surface area contributed by atoms with Crippen molar-refractivity contribution < 1.29 is 9.31 Å². The molecule has 220 valence electrons. The second-order valence-corrected chi connectivity index (χ2v) is 12.5. The molecule has 1 aliphatic rings. The SMILES string of the molecule is CC1(C)OB(c2ccc(-c3cc(-c4ccc(-c5ccncc5)cc4)nc(-c4ccc(-c5ccncc5)cc4)c3)cc2)OC1(C)C. The summed E-state index contributed by atoms with van der Waals surface area (Å²) in [5.74, 6) is 0. The highest BCUT2D eigenvalue weighted by Crippen LogP contribution is 2.37. The first kappa shape index (κ1) is 28.8. The summed E-state index contributed by atoms with van der Waals surface area (Å²) in [5, 5.41) is 0. The summed E-state index contributed by atoms with van der Waals surface area (Å²) < 4.78 is 12.6. The molecule has 7 rings (SSSR count). The maximum Gasteiger partial charge on any atom is 0.494 e. The molecule has 0 radical (unpaired) electrons. The highest BCUT2D eigenvalue weighted by atomic mass is 16.7. The van der Waals surface area contributed by atoms with Crippen LogP contribution in [0.2, 0.25) is 0 Å². The quantitative estimate of drug-likeness (QED) is 0.183. The van der Waals surface area contributed by atoms with Gasteiger partial charge in [0.1, 0.15) is 0 Å². The van der Waals surface area contributed by atoms with Gasteiger partial charge in [-0.1, -0.05) is 72.8 Å². The van der Waals surface area contributed by atoms with E-state index >= 15 is 0 Å². The summed E-state index contributed by atoms with van der Waals surface area (Å²) in [4.78, 5) is 13.5. The van der Waals surface area contributed by atoms with Gasteiger partial charge in [-0.25, -0.2) is 4.98 Å². The standard InChI is InChI=1S/C39H34BN3O2/c1-38(2)39(3,4)45-40(44-38)35-15-13-29(14-16-35)34-25-36(32-9-5-27(6-10-32)30-17-21-41-22-18-30)43-37(26-34)33-11-7-28(8-12-33)31-19-23-42-24-20-31/h5-26H,1-4H3. The number of benzene rings is 3. The van der Waals surface area contributed by atoms with Gasteiger partial charge in [0.2, 0.25) is 0 Å². The number of nitrogens with zero attached hydrogens (tertiary/aromatic N) is 3. The van der Waals surface area contributed by atoms with Crippen LogP contribution in [0.25, 0.3) is 55.9 Å². The molecule has 3 aromatic carbocycles. The van der Waals surface area contributed by atoms with Crippen LogP contribution in [-0.2, 0) is 9.31 Å². The fourth-order valence-electron chi connectivity index (χ4n) is 5.56. The molecule has 5 nitrogen and oxygen atoms in total. The maximum absolute atomic E-state index is 6.29. The number of pyridine rings is 3. The van der Waals surface area contributed by atoms with Crippen molar-refractivity contribution in [1.82, 2.24) is 15.0 Å². The third kappa shape index (κ3) is 5.83. The Kier molecular flexibility index (Phi) is 7.40. The van der Waals surface area contributed by atoms with E-state index in [0.29, 0.717) is 0 Å². The van der Waals surface area contributed by atoms with E-state index in [2.05, 4.69) is 123 Å². The summed E-state index contributed by atoms with van der Waals surface area (Å²) in [6, 6.07) is 38.0. The monoisotopic (exact) mass is 587 g/mol. The van der Waals surface area contributed by atoms with Crippen LogP contribution in [0.5, 0.6) is 0 Å². The van der Waals surface area contributed by atoms with Crippen LogP contribution in [0.4, 0.5) is 0 Å². The highest BCUT2D eigenvalue weighted by Gasteiger charge is 2.51. The van der Waals surface area contributed by atoms with Crippen LogP contribution >= 0.6 is 0 Å².